The highest BCUT2D eigenvalue weighted by Gasteiger charge is 2.51. The number of nitrogens with zero attached hydrogens (tertiary/aromatic N) is 16. The minimum atomic E-state index is -2.40. The fourth-order valence-electron chi connectivity index (χ4n) is 9.32. The van der Waals surface area contributed by atoms with Crippen LogP contribution in [0.2, 0.25) is 0 Å². The third-order valence-electron chi connectivity index (χ3n) is 12.7. The molecule has 0 saturated carbocycles. The van der Waals surface area contributed by atoms with Gasteiger partial charge in [0.05, 0.1) is 0 Å². The van der Waals surface area contributed by atoms with E-state index >= 15 is 0 Å². The molecule has 0 aromatic heterocycles. The minimum Gasteiger partial charge on any atom is -0.253 e. The highest BCUT2D eigenvalue weighted by atomic mass is 31.3. The predicted molar refractivity (Wildman–Crippen MR) is 233 cm³/mol. The standard InChI is InChI=1S/C30H70N18P6/c1-39-19-13-20-40(2)51(39)33-49(34-52(37-51)41(3)21-14-22-42(52)4)31-17-11-29-47(49)27-9-10-28-48-30-12-18-32-50(48)35-53(43(5)23-15-24-44(53)6)38-54(36-50)45(7)25-16-26-46(54)8/h31-32H,9-30H2,1-8H3. The number of rotatable bonds is 5. The molecule has 310 valence electrons. The smallest absolute Gasteiger partial charge is 0.220 e. The summed E-state index contributed by atoms with van der Waals surface area (Å²) in [6.07, 6.45) is 9.08. The number of nitrogens with one attached hydrogen (secondary N) is 2. The van der Waals surface area contributed by atoms with Crippen molar-refractivity contribution in [1.29, 1.82) is 0 Å². The Hall–Kier alpha value is 0.900. The van der Waals surface area contributed by atoms with Crippen LogP contribution in [0.4, 0.5) is 0 Å². The number of unbranched alkanes of at least 4 members (excludes halogenated alkanes) is 1. The Morgan fingerprint density at radius 1 is 0.352 bits per heavy atom. The van der Waals surface area contributed by atoms with Crippen LogP contribution >= 0.6 is 45.0 Å². The molecule has 0 aliphatic carbocycles. The second-order valence-electron chi connectivity index (χ2n) is 16.4. The van der Waals surface area contributed by atoms with Gasteiger partial charge in [-0.1, -0.05) is 0 Å². The maximum Gasteiger partial charge on any atom is 0.220 e. The van der Waals surface area contributed by atoms with Gasteiger partial charge in [-0.2, -0.15) is 27.1 Å². The summed E-state index contributed by atoms with van der Waals surface area (Å²) >= 11 is 0. The van der Waals surface area contributed by atoms with E-state index in [1.165, 1.54) is 0 Å². The Bertz CT molecular complexity index is 1550. The van der Waals surface area contributed by atoms with Crippen LogP contribution < -0.4 is 10.2 Å². The highest BCUT2D eigenvalue weighted by molar-refractivity contribution is 7.84. The Morgan fingerprint density at radius 3 is 0.926 bits per heavy atom. The molecule has 8 rings (SSSR count). The first-order valence-electron chi connectivity index (χ1n) is 20.4. The van der Waals surface area contributed by atoms with Crippen molar-refractivity contribution in [3.63, 3.8) is 0 Å². The van der Waals surface area contributed by atoms with Crippen molar-refractivity contribution in [1.82, 2.24) is 56.9 Å². The summed E-state index contributed by atoms with van der Waals surface area (Å²) in [6, 6.07) is 0. The molecule has 54 heavy (non-hydrogen) atoms. The highest BCUT2D eigenvalue weighted by Crippen LogP contribution is 2.83. The normalized spacial score (nSPS) is 36.2. The topological polar surface area (TPSA) is 131 Å². The molecule has 6 spiro atoms. The molecule has 8 aliphatic heterocycles. The van der Waals surface area contributed by atoms with E-state index < -0.39 is 45.0 Å². The zero-order valence-corrected chi connectivity index (χ0v) is 39.8. The van der Waals surface area contributed by atoms with Crippen molar-refractivity contribution >= 4 is 45.0 Å². The van der Waals surface area contributed by atoms with Crippen molar-refractivity contribution in [3.05, 3.63) is 0 Å². The van der Waals surface area contributed by atoms with E-state index in [1.807, 2.05) is 0 Å². The first kappa shape index (κ1) is 41.6. The van der Waals surface area contributed by atoms with Crippen molar-refractivity contribution in [2.45, 2.75) is 51.4 Å². The van der Waals surface area contributed by atoms with E-state index in [9.17, 15) is 0 Å². The fourth-order valence-corrected chi connectivity index (χ4v) is 40.0. The molecule has 2 atom stereocenters. The summed E-state index contributed by atoms with van der Waals surface area (Å²) in [7, 11) is 4.18. The van der Waals surface area contributed by atoms with Crippen molar-refractivity contribution in [2.24, 2.45) is 27.1 Å². The Balaban J connectivity index is 1.11. The molecule has 6 saturated heterocycles. The first-order valence-corrected chi connectivity index (χ1v) is 30.1. The van der Waals surface area contributed by atoms with Gasteiger partial charge in [-0.3, -0.25) is 10.2 Å². The molecule has 2 unspecified atom stereocenters. The monoisotopic (exact) mass is 868 g/mol. The maximum atomic E-state index is 5.95. The summed E-state index contributed by atoms with van der Waals surface area (Å²) in [5.41, 5.74) is 0. The van der Waals surface area contributed by atoms with Crippen LogP contribution in [-0.4, -0.2) is 195 Å². The van der Waals surface area contributed by atoms with E-state index in [0.717, 1.165) is 143 Å². The van der Waals surface area contributed by atoms with Crippen LogP contribution in [-0.2, 0) is 0 Å². The van der Waals surface area contributed by atoms with Crippen LogP contribution in [0.3, 0.4) is 0 Å². The van der Waals surface area contributed by atoms with Gasteiger partial charge >= 0.3 is 0 Å². The molecule has 24 heteroatoms. The molecule has 0 radical (unpaired) electrons. The molecule has 2 N–H and O–H groups in total. The minimum absolute atomic E-state index is 0.972. The predicted octanol–water partition coefficient (Wildman–Crippen LogP) is 7.13. The zero-order valence-electron chi connectivity index (χ0n) is 34.4. The van der Waals surface area contributed by atoms with E-state index in [0.29, 0.717) is 0 Å². The van der Waals surface area contributed by atoms with E-state index in [4.69, 9.17) is 27.1 Å². The van der Waals surface area contributed by atoms with Gasteiger partial charge < -0.3 is 0 Å². The average molecular weight is 869 g/mol. The Labute approximate surface area is 327 Å². The van der Waals surface area contributed by atoms with Crippen LogP contribution in [0.25, 0.3) is 0 Å². The van der Waals surface area contributed by atoms with E-state index in [1.54, 1.807) is 0 Å². The van der Waals surface area contributed by atoms with Crippen molar-refractivity contribution in [2.75, 3.05) is 148 Å². The third-order valence-corrected chi connectivity index (χ3v) is 37.0. The molecule has 0 bridgehead atoms. The van der Waals surface area contributed by atoms with Gasteiger partial charge in [0.1, 0.15) is 0 Å². The van der Waals surface area contributed by atoms with Crippen molar-refractivity contribution in [3.8, 4) is 0 Å². The van der Waals surface area contributed by atoms with Gasteiger partial charge in [-0.05, 0) is 108 Å². The van der Waals surface area contributed by atoms with Crippen LogP contribution in [0, 0.1) is 0 Å². The average Bonchev–Trinajstić information content (AvgIpc) is 3.14. The fraction of sp³-hybridized carbons (Fsp3) is 1.00. The third kappa shape index (κ3) is 6.88. The lowest BCUT2D eigenvalue weighted by molar-refractivity contribution is 0.353. The quantitative estimate of drug-likeness (QED) is 0.216. The molecular formula is C30H70N18P6. The largest absolute Gasteiger partial charge is 0.253 e. The van der Waals surface area contributed by atoms with Crippen LogP contribution in [0.1, 0.15) is 51.4 Å². The van der Waals surface area contributed by atoms with Gasteiger partial charge in [0.25, 0.3) is 0 Å². The molecular weight excluding hydrogens is 798 g/mol. The summed E-state index contributed by atoms with van der Waals surface area (Å²) in [6.45, 7) is 14.4. The molecule has 0 aromatic carbocycles. The van der Waals surface area contributed by atoms with Gasteiger partial charge in [-0.25, -0.2) is 46.7 Å². The lowest BCUT2D eigenvalue weighted by atomic mass is 10.3. The van der Waals surface area contributed by atoms with Crippen molar-refractivity contribution < 1.29 is 0 Å². The molecule has 6 fully saturated rings. The molecule has 8 heterocycles. The summed E-state index contributed by atoms with van der Waals surface area (Å²) < 4.78 is 61.1. The van der Waals surface area contributed by atoms with Gasteiger partial charge in [0.2, 0.25) is 45.0 Å². The molecule has 0 amide bonds. The molecule has 18 nitrogen and oxygen atoms in total. The number of hydrogen-bond acceptors (Lipinski definition) is 18. The van der Waals surface area contributed by atoms with Gasteiger partial charge in [-0.15, -0.1) is 0 Å². The first-order chi connectivity index (χ1) is 25.9. The lowest BCUT2D eigenvalue weighted by Gasteiger charge is -2.52. The summed E-state index contributed by atoms with van der Waals surface area (Å²) in [5.74, 6) is 0. The second kappa shape index (κ2) is 16.1. The van der Waals surface area contributed by atoms with Gasteiger partial charge in [0.15, 0.2) is 0 Å². The molecule has 0 aromatic rings. The van der Waals surface area contributed by atoms with Crippen LogP contribution in [0.15, 0.2) is 27.1 Å². The van der Waals surface area contributed by atoms with E-state index in [2.05, 4.69) is 113 Å². The van der Waals surface area contributed by atoms with Gasteiger partial charge in [0, 0.05) is 91.6 Å². The summed E-state index contributed by atoms with van der Waals surface area (Å²) in [4.78, 5) is 0. The maximum absolute atomic E-state index is 5.95. The van der Waals surface area contributed by atoms with Crippen LogP contribution in [0.5, 0.6) is 0 Å². The number of hydrogen-bond donors (Lipinski definition) is 2. The summed E-state index contributed by atoms with van der Waals surface area (Å²) in [5, 5.41) is 8.11. The second-order valence-corrected chi connectivity index (χ2v) is 34.5. The Morgan fingerprint density at radius 2 is 0.630 bits per heavy atom. The van der Waals surface area contributed by atoms with E-state index in [-0.39, 0.29) is 0 Å². The lowest BCUT2D eigenvalue weighted by Crippen LogP contribution is -2.42. The SMILES string of the molecule is CN1CCCN(C)P12=NP1(=NP3(=N2)N(C)CCCN3C)NCCCN1CCCCN1CCCNP12=NP1(=NP3(=N2)N(C)CCCN3C)N(C)CCCN1C. The zero-order chi connectivity index (χ0) is 38.0. The Kier molecular flexibility index (Phi) is 12.4. The molecule has 8 aliphatic rings.